The second kappa shape index (κ2) is 8.94. The van der Waals surface area contributed by atoms with E-state index in [4.69, 9.17) is 9.47 Å². The molecule has 8 nitrogen and oxygen atoms in total. The Morgan fingerprint density at radius 3 is 2.58 bits per heavy atom. The Labute approximate surface area is 210 Å². The number of aromatic nitrogens is 1. The molecule has 4 heterocycles. The molecule has 0 aliphatic carbocycles. The molecule has 0 radical (unpaired) electrons. The summed E-state index contributed by atoms with van der Waals surface area (Å²) in [6.07, 6.45) is 1.03. The lowest BCUT2D eigenvalue weighted by atomic mass is 9.78. The number of aromatic amines is 1. The Hall–Kier alpha value is -3.36. The van der Waals surface area contributed by atoms with Gasteiger partial charge < -0.3 is 14.5 Å². The number of methoxy groups -OCH3 is 1. The van der Waals surface area contributed by atoms with Crippen LogP contribution < -0.4 is 4.74 Å². The molecule has 2 fully saturated rings. The number of hydrogen-bond donors (Lipinski definition) is 1. The Kier molecular flexibility index (Phi) is 5.73. The molecule has 2 aromatic carbocycles. The molecule has 1 aromatic heterocycles. The van der Waals surface area contributed by atoms with Crippen molar-refractivity contribution in [2.45, 2.75) is 31.3 Å². The number of urea groups is 1. The fourth-order valence-electron chi connectivity index (χ4n) is 6.15. The van der Waals surface area contributed by atoms with Crippen molar-refractivity contribution in [1.82, 2.24) is 19.7 Å². The summed E-state index contributed by atoms with van der Waals surface area (Å²) in [6.45, 7) is 6.10. The molecule has 3 aliphatic rings. The van der Waals surface area contributed by atoms with E-state index in [0.29, 0.717) is 39.1 Å². The zero-order valence-electron chi connectivity index (χ0n) is 20.8. The molecule has 36 heavy (non-hydrogen) atoms. The lowest BCUT2D eigenvalue weighted by molar-refractivity contribution is -0.134. The quantitative estimate of drug-likeness (QED) is 0.537. The summed E-state index contributed by atoms with van der Waals surface area (Å²) >= 11 is 0. The number of imide groups is 1. The van der Waals surface area contributed by atoms with Crippen LogP contribution in [0.15, 0.2) is 48.5 Å². The highest BCUT2D eigenvalue weighted by molar-refractivity contribution is 6.08. The van der Waals surface area contributed by atoms with E-state index in [1.807, 2.05) is 60.4 Å². The van der Waals surface area contributed by atoms with Crippen LogP contribution in [0, 0.1) is 0 Å². The van der Waals surface area contributed by atoms with Gasteiger partial charge in [-0.15, -0.1) is 0 Å². The highest BCUT2D eigenvalue weighted by Crippen LogP contribution is 2.50. The number of morpholine rings is 1. The molecule has 1 N–H and O–H groups in total. The molecule has 3 aliphatic heterocycles. The number of ether oxygens (including phenoxy) is 2. The molecule has 0 bridgehead atoms. The van der Waals surface area contributed by atoms with Gasteiger partial charge in [0.15, 0.2) is 0 Å². The third-order valence-corrected chi connectivity index (χ3v) is 8.13. The highest BCUT2D eigenvalue weighted by atomic mass is 16.5. The summed E-state index contributed by atoms with van der Waals surface area (Å²) in [5.41, 5.74) is 3.12. The zero-order valence-corrected chi connectivity index (χ0v) is 20.8. The Balaban J connectivity index is 1.46. The van der Waals surface area contributed by atoms with E-state index in [-0.39, 0.29) is 18.0 Å². The molecule has 6 rings (SSSR count). The van der Waals surface area contributed by atoms with Gasteiger partial charge in [-0.2, -0.15) is 0 Å². The number of H-pyrrole nitrogens is 1. The predicted octanol–water partition coefficient (Wildman–Crippen LogP) is 3.57. The number of carbonyl (C=O) groups excluding carboxylic acids is 2. The summed E-state index contributed by atoms with van der Waals surface area (Å²) in [5, 5.41) is 1.05. The predicted molar refractivity (Wildman–Crippen MR) is 136 cm³/mol. The summed E-state index contributed by atoms with van der Waals surface area (Å²) in [4.78, 5) is 37.4. The minimum Gasteiger partial charge on any atom is -0.497 e. The minimum absolute atomic E-state index is 0.0907. The standard InChI is InChI=1S/C28H32N4O4/c1-3-28-18-22-21-17-20(35-2)9-10-23(21)29-24(22)25(19-7-5-4-6-8-19)32(28)27(34)31(26(28)33)12-11-30-13-15-36-16-14-30/h4-10,17,25,29H,3,11-16,18H2,1-2H3. The number of fused-ring (bicyclic) bond motifs is 4. The van der Waals surface area contributed by atoms with Crippen LogP contribution in [0.1, 0.15) is 36.2 Å². The molecule has 2 atom stereocenters. The van der Waals surface area contributed by atoms with Crippen molar-refractivity contribution in [3.8, 4) is 5.75 Å². The van der Waals surface area contributed by atoms with Crippen LogP contribution in [-0.2, 0) is 16.0 Å². The highest BCUT2D eigenvalue weighted by Gasteiger charge is 2.61. The van der Waals surface area contributed by atoms with Gasteiger partial charge in [0.2, 0.25) is 0 Å². The minimum atomic E-state index is -0.923. The average Bonchev–Trinajstić information content (AvgIpc) is 3.39. The van der Waals surface area contributed by atoms with E-state index < -0.39 is 5.54 Å². The van der Waals surface area contributed by atoms with Crippen LogP contribution in [0.2, 0.25) is 0 Å². The van der Waals surface area contributed by atoms with Crippen molar-refractivity contribution in [3.63, 3.8) is 0 Å². The monoisotopic (exact) mass is 488 g/mol. The first-order valence-corrected chi connectivity index (χ1v) is 12.8. The number of amides is 3. The van der Waals surface area contributed by atoms with Crippen LogP contribution in [0.4, 0.5) is 4.79 Å². The lowest BCUT2D eigenvalue weighted by Gasteiger charge is -2.44. The van der Waals surface area contributed by atoms with Gasteiger partial charge in [-0.25, -0.2) is 4.79 Å². The molecule has 8 heteroatoms. The molecular weight excluding hydrogens is 456 g/mol. The van der Waals surface area contributed by atoms with Crippen molar-refractivity contribution in [2.75, 3.05) is 46.5 Å². The van der Waals surface area contributed by atoms with Crippen molar-refractivity contribution in [1.29, 1.82) is 0 Å². The van der Waals surface area contributed by atoms with Gasteiger partial charge in [-0.3, -0.25) is 19.5 Å². The van der Waals surface area contributed by atoms with Crippen LogP contribution in [0.5, 0.6) is 5.75 Å². The molecule has 3 aromatic rings. The normalized spacial score (nSPS) is 24.3. The summed E-state index contributed by atoms with van der Waals surface area (Å²) < 4.78 is 11.0. The maximum absolute atomic E-state index is 14.1. The van der Waals surface area contributed by atoms with Gasteiger partial charge in [-0.1, -0.05) is 37.3 Å². The number of rotatable bonds is 6. The van der Waals surface area contributed by atoms with E-state index in [1.54, 1.807) is 7.11 Å². The zero-order chi connectivity index (χ0) is 24.9. The Bertz CT molecular complexity index is 1300. The van der Waals surface area contributed by atoms with Gasteiger partial charge in [0, 0.05) is 49.2 Å². The molecular formula is C28H32N4O4. The smallest absolute Gasteiger partial charge is 0.328 e. The third-order valence-electron chi connectivity index (χ3n) is 8.13. The van der Waals surface area contributed by atoms with E-state index in [1.165, 1.54) is 4.90 Å². The van der Waals surface area contributed by atoms with Crippen LogP contribution in [0.25, 0.3) is 10.9 Å². The van der Waals surface area contributed by atoms with Crippen molar-refractivity contribution >= 4 is 22.8 Å². The SMILES string of the molecule is CCC12Cc3c([nH]c4ccc(OC)cc34)C(c3ccccc3)N1C(=O)N(CCN1CCOCC1)C2=O. The van der Waals surface area contributed by atoms with Gasteiger partial charge >= 0.3 is 6.03 Å². The maximum Gasteiger partial charge on any atom is 0.328 e. The number of nitrogens with one attached hydrogen (secondary N) is 1. The van der Waals surface area contributed by atoms with Crippen molar-refractivity contribution in [3.05, 3.63) is 65.4 Å². The van der Waals surface area contributed by atoms with Gasteiger partial charge in [0.05, 0.1) is 20.3 Å². The average molecular weight is 489 g/mol. The third kappa shape index (κ3) is 3.43. The first-order valence-electron chi connectivity index (χ1n) is 12.8. The topological polar surface area (TPSA) is 78.1 Å². The first-order chi connectivity index (χ1) is 17.6. The fraction of sp³-hybridized carbons (Fsp3) is 0.429. The molecule has 2 saturated heterocycles. The molecule has 0 saturated carbocycles. The van der Waals surface area contributed by atoms with Crippen LogP contribution >= 0.6 is 0 Å². The molecule has 3 amide bonds. The number of benzene rings is 2. The van der Waals surface area contributed by atoms with Crippen molar-refractivity contribution < 1.29 is 19.1 Å². The summed E-state index contributed by atoms with van der Waals surface area (Å²) in [7, 11) is 1.66. The molecule has 188 valence electrons. The molecule has 2 unspecified atom stereocenters. The second-order valence-electron chi connectivity index (χ2n) is 9.87. The van der Waals surface area contributed by atoms with E-state index >= 15 is 0 Å². The number of carbonyl (C=O) groups is 2. The maximum atomic E-state index is 14.1. The first kappa shape index (κ1) is 23.1. The fourth-order valence-corrected chi connectivity index (χ4v) is 6.15. The largest absolute Gasteiger partial charge is 0.497 e. The van der Waals surface area contributed by atoms with E-state index in [9.17, 15) is 9.59 Å². The molecule has 0 spiro atoms. The van der Waals surface area contributed by atoms with Crippen LogP contribution in [0.3, 0.4) is 0 Å². The number of nitrogens with zero attached hydrogens (tertiary/aromatic N) is 3. The number of hydrogen-bond acceptors (Lipinski definition) is 5. The van der Waals surface area contributed by atoms with Gasteiger partial charge in [0.25, 0.3) is 5.91 Å². The second-order valence-corrected chi connectivity index (χ2v) is 9.87. The summed E-state index contributed by atoms with van der Waals surface area (Å²) in [6, 6.07) is 15.4. The van der Waals surface area contributed by atoms with Crippen LogP contribution in [-0.4, -0.2) is 83.7 Å². The van der Waals surface area contributed by atoms with Crippen molar-refractivity contribution in [2.24, 2.45) is 0 Å². The summed E-state index contributed by atoms with van der Waals surface area (Å²) in [5.74, 6) is 0.682. The van der Waals surface area contributed by atoms with Gasteiger partial charge in [-0.05, 0) is 35.7 Å². The van der Waals surface area contributed by atoms with Gasteiger partial charge in [0.1, 0.15) is 17.3 Å². The van der Waals surface area contributed by atoms with E-state index in [2.05, 4.69) is 9.88 Å². The Morgan fingerprint density at radius 2 is 1.86 bits per heavy atom. The lowest BCUT2D eigenvalue weighted by Crippen LogP contribution is -2.55. The Morgan fingerprint density at radius 1 is 1.08 bits per heavy atom. The van der Waals surface area contributed by atoms with E-state index in [0.717, 1.165) is 46.6 Å².